The number of halogens is 2. The molecule has 5 nitrogen and oxygen atoms in total. The summed E-state index contributed by atoms with van der Waals surface area (Å²) >= 11 is 12.3. The van der Waals surface area contributed by atoms with Gasteiger partial charge in [-0.05, 0) is 49.2 Å². The number of ether oxygens (including phenoxy) is 1. The lowest BCUT2D eigenvalue weighted by Gasteiger charge is -2.27. The Morgan fingerprint density at radius 1 is 1.00 bits per heavy atom. The monoisotopic (exact) mass is 442 g/mol. The summed E-state index contributed by atoms with van der Waals surface area (Å²) < 4.78 is 33.3. The van der Waals surface area contributed by atoms with Crippen molar-refractivity contribution in [1.29, 1.82) is 0 Å². The van der Waals surface area contributed by atoms with Gasteiger partial charge in [-0.15, -0.1) is 0 Å². The molecule has 1 fully saturated rings. The molecular formula is C20H24Cl2N2O3S. The number of rotatable bonds is 7. The Morgan fingerprint density at radius 2 is 1.68 bits per heavy atom. The molecule has 0 aromatic heterocycles. The number of hydrogen-bond acceptors (Lipinski definition) is 4. The average Bonchev–Trinajstić information content (AvgIpc) is 2.70. The highest BCUT2D eigenvalue weighted by atomic mass is 35.5. The molecule has 0 amide bonds. The molecule has 3 rings (SSSR count). The Balaban J connectivity index is 1.76. The Morgan fingerprint density at radius 3 is 2.36 bits per heavy atom. The van der Waals surface area contributed by atoms with E-state index in [-0.39, 0.29) is 21.5 Å². The minimum absolute atomic E-state index is 0.0462. The zero-order valence-corrected chi connectivity index (χ0v) is 18.1. The summed E-state index contributed by atoms with van der Waals surface area (Å²) in [5.74, 6) is 0.331. The lowest BCUT2D eigenvalue weighted by Crippen LogP contribution is -2.30. The van der Waals surface area contributed by atoms with E-state index in [4.69, 9.17) is 27.9 Å². The summed E-state index contributed by atoms with van der Waals surface area (Å²) in [7, 11) is -2.37. The lowest BCUT2D eigenvalue weighted by molar-refractivity contribution is 0.220. The third-order valence-electron chi connectivity index (χ3n) is 4.93. The number of piperidine rings is 1. The van der Waals surface area contributed by atoms with Crippen molar-refractivity contribution in [2.45, 2.75) is 37.2 Å². The fourth-order valence-electron chi connectivity index (χ4n) is 3.37. The molecule has 0 radical (unpaired) electrons. The van der Waals surface area contributed by atoms with Crippen molar-refractivity contribution in [3.63, 3.8) is 0 Å². The van der Waals surface area contributed by atoms with Crippen molar-refractivity contribution < 1.29 is 13.2 Å². The fraction of sp³-hybridized carbons (Fsp3) is 0.400. The zero-order chi connectivity index (χ0) is 20.1. The van der Waals surface area contributed by atoms with E-state index < -0.39 is 10.0 Å². The number of benzene rings is 2. The van der Waals surface area contributed by atoms with Crippen LogP contribution in [0.4, 0.5) is 0 Å². The molecule has 28 heavy (non-hydrogen) atoms. The maximum atomic E-state index is 12.8. The molecule has 0 aliphatic carbocycles. The first kappa shape index (κ1) is 21.4. The molecule has 1 aliphatic heterocycles. The first-order valence-corrected chi connectivity index (χ1v) is 11.5. The van der Waals surface area contributed by atoms with Gasteiger partial charge < -0.3 is 4.74 Å². The normalized spacial score (nSPS) is 15.5. The van der Waals surface area contributed by atoms with Crippen LogP contribution in [0.5, 0.6) is 5.75 Å². The van der Waals surface area contributed by atoms with Crippen LogP contribution in [0.15, 0.2) is 41.3 Å². The van der Waals surface area contributed by atoms with Gasteiger partial charge in [0.1, 0.15) is 15.7 Å². The molecule has 2 aromatic rings. The standard InChI is InChI=1S/C20H24Cl2N2O3S/c1-27-17-9-10-18(20(22)19(17)21)28(25,26)23-13-15-7-3-4-8-16(15)14-24-11-5-2-6-12-24/h3-4,7-10,23H,2,5-6,11-14H2,1H3. The topological polar surface area (TPSA) is 58.6 Å². The van der Waals surface area contributed by atoms with Crippen LogP contribution in [0, 0.1) is 0 Å². The third kappa shape index (κ3) is 4.99. The largest absolute Gasteiger partial charge is 0.495 e. The summed E-state index contributed by atoms with van der Waals surface area (Å²) in [5.41, 5.74) is 2.08. The second-order valence-electron chi connectivity index (χ2n) is 6.82. The first-order chi connectivity index (χ1) is 13.4. The minimum Gasteiger partial charge on any atom is -0.495 e. The van der Waals surface area contributed by atoms with E-state index in [0.717, 1.165) is 30.8 Å². The number of sulfonamides is 1. The van der Waals surface area contributed by atoms with Gasteiger partial charge in [-0.25, -0.2) is 13.1 Å². The Hall–Kier alpha value is -1.31. The van der Waals surface area contributed by atoms with Crippen molar-refractivity contribution in [2.24, 2.45) is 0 Å². The van der Waals surface area contributed by atoms with Gasteiger partial charge in [0, 0.05) is 13.1 Å². The predicted molar refractivity (Wildman–Crippen MR) is 113 cm³/mol. The van der Waals surface area contributed by atoms with Crippen molar-refractivity contribution in [3.8, 4) is 5.75 Å². The number of nitrogens with zero attached hydrogens (tertiary/aromatic N) is 1. The Kier molecular flexibility index (Phi) is 7.23. The molecule has 0 bridgehead atoms. The van der Waals surface area contributed by atoms with E-state index in [1.54, 1.807) is 0 Å². The molecule has 0 spiro atoms. The molecule has 1 saturated heterocycles. The quantitative estimate of drug-likeness (QED) is 0.686. The van der Waals surface area contributed by atoms with E-state index >= 15 is 0 Å². The van der Waals surface area contributed by atoms with Crippen LogP contribution >= 0.6 is 23.2 Å². The highest BCUT2D eigenvalue weighted by Crippen LogP contribution is 2.36. The Bertz CT molecular complexity index is 929. The molecule has 1 heterocycles. The van der Waals surface area contributed by atoms with Crippen LogP contribution < -0.4 is 9.46 Å². The number of methoxy groups -OCH3 is 1. The van der Waals surface area contributed by atoms with Crippen molar-refractivity contribution in [3.05, 3.63) is 57.6 Å². The van der Waals surface area contributed by atoms with Crippen LogP contribution in [0.1, 0.15) is 30.4 Å². The molecule has 0 atom stereocenters. The zero-order valence-electron chi connectivity index (χ0n) is 15.7. The predicted octanol–water partition coefficient (Wildman–Crippen LogP) is 4.47. The van der Waals surface area contributed by atoms with Crippen LogP contribution in [0.2, 0.25) is 10.0 Å². The maximum absolute atomic E-state index is 12.8. The van der Waals surface area contributed by atoms with Gasteiger partial charge in [-0.2, -0.15) is 0 Å². The SMILES string of the molecule is COc1ccc(S(=O)(=O)NCc2ccccc2CN2CCCCC2)c(Cl)c1Cl. The third-order valence-corrected chi connectivity index (χ3v) is 7.35. The molecule has 0 unspecified atom stereocenters. The molecule has 1 aliphatic rings. The summed E-state index contributed by atoms with van der Waals surface area (Å²) in [6.07, 6.45) is 3.71. The molecular weight excluding hydrogens is 419 g/mol. The van der Waals surface area contributed by atoms with Crippen LogP contribution in [0.3, 0.4) is 0 Å². The summed E-state index contributed by atoms with van der Waals surface area (Å²) in [6, 6.07) is 10.8. The van der Waals surface area contributed by atoms with Gasteiger partial charge >= 0.3 is 0 Å². The summed E-state index contributed by atoms with van der Waals surface area (Å²) in [6.45, 7) is 3.18. The van der Waals surface area contributed by atoms with Gasteiger partial charge in [-0.3, -0.25) is 4.90 Å². The van der Waals surface area contributed by atoms with Gasteiger partial charge in [0.05, 0.1) is 12.1 Å². The highest BCUT2D eigenvalue weighted by molar-refractivity contribution is 7.89. The fourth-order valence-corrected chi connectivity index (χ4v) is 5.22. The van der Waals surface area contributed by atoms with Crippen LogP contribution in [-0.4, -0.2) is 33.5 Å². The first-order valence-electron chi connectivity index (χ1n) is 9.23. The van der Waals surface area contributed by atoms with E-state index in [0.29, 0.717) is 5.75 Å². The van der Waals surface area contributed by atoms with Gasteiger partial charge in [0.15, 0.2) is 0 Å². The molecule has 1 N–H and O–H groups in total. The van der Waals surface area contributed by atoms with Crippen molar-refractivity contribution >= 4 is 33.2 Å². The minimum atomic E-state index is -3.82. The summed E-state index contributed by atoms with van der Waals surface area (Å²) in [4.78, 5) is 2.35. The van der Waals surface area contributed by atoms with E-state index in [2.05, 4.69) is 15.7 Å². The van der Waals surface area contributed by atoms with Crippen LogP contribution in [-0.2, 0) is 23.1 Å². The number of likely N-dealkylation sites (tertiary alicyclic amines) is 1. The van der Waals surface area contributed by atoms with Crippen molar-refractivity contribution in [1.82, 2.24) is 9.62 Å². The van der Waals surface area contributed by atoms with E-state index in [1.165, 1.54) is 38.5 Å². The van der Waals surface area contributed by atoms with Gasteiger partial charge in [-0.1, -0.05) is 53.9 Å². The van der Waals surface area contributed by atoms with E-state index in [1.807, 2.05) is 18.2 Å². The molecule has 2 aromatic carbocycles. The van der Waals surface area contributed by atoms with Gasteiger partial charge in [0.2, 0.25) is 10.0 Å². The number of nitrogens with one attached hydrogen (secondary N) is 1. The van der Waals surface area contributed by atoms with E-state index in [9.17, 15) is 8.42 Å². The van der Waals surface area contributed by atoms with Gasteiger partial charge in [0.25, 0.3) is 0 Å². The smallest absolute Gasteiger partial charge is 0.242 e. The molecule has 8 heteroatoms. The molecule has 0 saturated carbocycles. The second-order valence-corrected chi connectivity index (χ2v) is 9.32. The summed E-state index contributed by atoms with van der Waals surface area (Å²) in [5, 5.41) is 0.0349. The maximum Gasteiger partial charge on any atom is 0.242 e. The molecule has 152 valence electrons. The lowest BCUT2D eigenvalue weighted by atomic mass is 10.1. The average molecular weight is 443 g/mol. The Labute approximate surface area is 176 Å². The second kappa shape index (κ2) is 9.46. The van der Waals surface area contributed by atoms with Crippen molar-refractivity contribution in [2.75, 3.05) is 20.2 Å². The highest BCUT2D eigenvalue weighted by Gasteiger charge is 2.22. The number of hydrogen-bond donors (Lipinski definition) is 1. The van der Waals surface area contributed by atoms with Crippen LogP contribution in [0.25, 0.3) is 0 Å².